The molecule has 9 aromatic rings. The van der Waals surface area contributed by atoms with Gasteiger partial charge in [0.25, 0.3) is 0 Å². The zero-order valence-corrected chi connectivity index (χ0v) is 41.9. The third-order valence-corrected chi connectivity index (χ3v) is 14.4. The molecule has 0 saturated carbocycles. The van der Waals surface area contributed by atoms with E-state index in [1.54, 1.807) is 0 Å². The normalized spacial score (nSPS) is 13.6. The van der Waals surface area contributed by atoms with Gasteiger partial charge in [-0.15, -0.1) is 0 Å². The summed E-state index contributed by atoms with van der Waals surface area (Å²) in [5, 5.41) is 2.41. The fourth-order valence-electron chi connectivity index (χ4n) is 10.1. The number of pyridine rings is 1. The molecule has 0 radical (unpaired) electrons. The average molecular weight is 905 g/mol. The highest BCUT2D eigenvalue weighted by atomic mass is 16.5. The van der Waals surface area contributed by atoms with Gasteiger partial charge in [0, 0.05) is 57.5 Å². The lowest BCUT2D eigenvalue weighted by Gasteiger charge is -2.30. The first-order chi connectivity index (χ1) is 33.0. The summed E-state index contributed by atoms with van der Waals surface area (Å²) in [6.45, 7) is 23.6. The number of para-hydroxylation sites is 1. The van der Waals surface area contributed by atoms with Crippen LogP contribution in [0.25, 0.3) is 33.3 Å². The standard InChI is InChI=1S/C64H64N4O/c1-61(2,3)47-29-22-30-50(35-47)67-43-66(42-58(67)44-23-14-11-15-24-44)51-36-49(64(9,10)46-27-18-13-19-28-46)37-52(39-51)69-53-40-55(62(4,5)6)60-54-31-20-21-32-56(54)68(57(60)41-53)59-38-48(33-34-65-59)63(7,8)45-25-16-12-17-26-45/h11-42H,43H2,1-10H3. The predicted molar refractivity (Wildman–Crippen MR) is 290 cm³/mol. The molecule has 0 atom stereocenters. The third kappa shape index (κ3) is 8.60. The van der Waals surface area contributed by atoms with Crippen LogP contribution in [-0.2, 0) is 21.7 Å². The highest BCUT2D eigenvalue weighted by Gasteiger charge is 2.31. The predicted octanol–water partition coefficient (Wildman–Crippen LogP) is 16.5. The molecule has 5 heteroatoms. The molecule has 0 N–H and O–H groups in total. The van der Waals surface area contributed by atoms with Gasteiger partial charge >= 0.3 is 0 Å². The monoisotopic (exact) mass is 905 g/mol. The van der Waals surface area contributed by atoms with Crippen molar-refractivity contribution in [1.29, 1.82) is 0 Å². The molecule has 3 heterocycles. The lowest BCUT2D eigenvalue weighted by molar-refractivity contribution is 0.477. The van der Waals surface area contributed by atoms with E-state index in [0.717, 1.165) is 45.3 Å². The summed E-state index contributed by atoms with van der Waals surface area (Å²) in [6.07, 6.45) is 4.26. The fraction of sp³-hybridized carbons (Fsp3) is 0.234. The molecule has 10 rings (SSSR count). The SMILES string of the molecule is CC(C)(C)c1cccc(N2CN(c3cc(Oc4cc(C(C)(C)C)c5c6ccccc6n(-c6cc(C(C)(C)c7ccccc7)ccn6)c5c4)cc(C(C)(C)c4ccccc4)c3)C=C2c2ccccc2)c1. The van der Waals surface area contributed by atoms with Gasteiger partial charge in [0.15, 0.2) is 0 Å². The van der Waals surface area contributed by atoms with Crippen LogP contribution in [0.1, 0.15) is 108 Å². The summed E-state index contributed by atoms with van der Waals surface area (Å²) in [7, 11) is 0. The van der Waals surface area contributed by atoms with Gasteiger partial charge in [-0.2, -0.15) is 0 Å². The van der Waals surface area contributed by atoms with Crippen molar-refractivity contribution in [3.63, 3.8) is 0 Å². The minimum Gasteiger partial charge on any atom is -0.457 e. The van der Waals surface area contributed by atoms with E-state index in [1.807, 2.05) is 6.20 Å². The van der Waals surface area contributed by atoms with Gasteiger partial charge in [-0.25, -0.2) is 4.98 Å². The molecule has 1 aliphatic rings. The first-order valence-corrected chi connectivity index (χ1v) is 24.4. The van der Waals surface area contributed by atoms with Gasteiger partial charge in [-0.1, -0.05) is 191 Å². The Hall–Kier alpha value is -7.37. The quantitative estimate of drug-likeness (QED) is 0.137. The van der Waals surface area contributed by atoms with Crippen molar-refractivity contribution < 1.29 is 4.74 Å². The van der Waals surface area contributed by atoms with E-state index in [-0.39, 0.29) is 21.7 Å². The zero-order valence-electron chi connectivity index (χ0n) is 41.9. The lowest BCUT2D eigenvalue weighted by atomic mass is 9.78. The molecule has 5 nitrogen and oxygen atoms in total. The second-order valence-electron chi connectivity index (χ2n) is 21.9. The smallest absolute Gasteiger partial charge is 0.137 e. The summed E-state index contributed by atoms with van der Waals surface area (Å²) >= 11 is 0. The van der Waals surface area contributed by atoms with Crippen molar-refractivity contribution in [2.45, 2.75) is 90.9 Å². The van der Waals surface area contributed by atoms with Gasteiger partial charge in [0.2, 0.25) is 0 Å². The van der Waals surface area contributed by atoms with Crippen molar-refractivity contribution >= 4 is 38.9 Å². The number of fused-ring (bicyclic) bond motifs is 3. The Morgan fingerprint density at radius 3 is 1.72 bits per heavy atom. The zero-order chi connectivity index (χ0) is 48.3. The Bertz CT molecular complexity index is 3350. The summed E-state index contributed by atoms with van der Waals surface area (Å²) in [5.41, 5.74) is 13.3. The number of benzene rings is 7. The minimum atomic E-state index is -0.334. The number of hydrogen-bond donors (Lipinski definition) is 0. The Balaban J connectivity index is 1.14. The Kier molecular flexibility index (Phi) is 11.4. The van der Waals surface area contributed by atoms with Crippen LogP contribution in [0.3, 0.4) is 0 Å². The first-order valence-electron chi connectivity index (χ1n) is 24.4. The molecule has 0 fully saturated rings. The largest absolute Gasteiger partial charge is 0.457 e. The molecule has 0 bridgehead atoms. The van der Waals surface area contributed by atoms with Crippen LogP contribution in [0.4, 0.5) is 11.4 Å². The van der Waals surface area contributed by atoms with Gasteiger partial charge in [-0.3, -0.25) is 4.57 Å². The number of anilines is 2. The van der Waals surface area contributed by atoms with Gasteiger partial charge in [0.05, 0.1) is 23.4 Å². The maximum atomic E-state index is 7.30. The van der Waals surface area contributed by atoms with E-state index in [9.17, 15) is 0 Å². The summed E-state index contributed by atoms with van der Waals surface area (Å²) < 4.78 is 9.63. The van der Waals surface area contributed by atoms with Gasteiger partial charge in [-0.05, 0) is 98.3 Å². The summed E-state index contributed by atoms with van der Waals surface area (Å²) in [6, 6.07) is 65.8. The molecule has 346 valence electrons. The Morgan fingerprint density at radius 1 is 0.464 bits per heavy atom. The van der Waals surface area contributed by atoms with E-state index in [2.05, 4.69) is 272 Å². The number of hydrogen-bond acceptors (Lipinski definition) is 4. The number of ether oxygens (including phenoxy) is 1. The van der Waals surface area contributed by atoms with Crippen LogP contribution in [-0.4, -0.2) is 16.2 Å². The molecule has 0 spiro atoms. The summed E-state index contributed by atoms with van der Waals surface area (Å²) in [5.74, 6) is 2.43. The molecule has 69 heavy (non-hydrogen) atoms. The van der Waals surface area contributed by atoms with Gasteiger partial charge < -0.3 is 14.5 Å². The lowest BCUT2D eigenvalue weighted by Crippen LogP contribution is -2.27. The second-order valence-corrected chi connectivity index (χ2v) is 21.9. The molecule has 0 unspecified atom stereocenters. The fourth-order valence-corrected chi connectivity index (χ4v) is 10.1. The minimum absolute atomic E-state index is 0.0136. The number of aromatic nitrogens is 2. The molecular weight excluding hydrogens is 841 g/mol. The summed E-state index contributed by atoms with van der Waals surface area (Å²) in [4.78, 5) is 9.91. The van der Waals surface area contributed by atoms with Crippen LogP contribution < -0.4 is 14.5 Å². The molecule has 0 amide bonds. The third-order valence-electron chi connectivity index (χ3n) is 14.4. The van der Waals surface area contributed by atoms with Crippen molar-refractivity contribution in [1.82, 2.24) is 9.55 Å². The highest BCUT2D eigenvalue weighted by molar-refractivity contribution is 6.11. The Labute approximate surface area is 409 Å². The van der Waals surface area contributed by atoms with E-state index in [0.29, 0.717) is 6.67 Å². The van der Waals surface area contributed by atoms with Crippen molar-refractivity contribution in [2.75, 3.05) is 16.5 Å². The van der Waals surface area contributed by atoms with E-state index >= 15 is 0 Å². The second kappa shape index (κ2) is 17.3. The maximum Gasteiger partial charge on any atom is 0.137 e. The van der Waals surface area contributed by atoms with Gasteiger partial charge in [0.1, 0.15) is 17.3 Å². The first kappa shape index (κ1) is 45.4. The highest BCUT2D eigenvalue weighted by Crippen LogP contribution is 2.45. The Morgan fingerprint density at radius 2 is 1.06 bits per heavy atom. The molecule has 7 aromatic carbocycles. The van der Waals surface area contributed by atoms with E-state index in [4.69, 9.17) is 9.72 Å². The number of nitrogens with zero attached hydrogens (tertiary/aromatic N) is 4. The van der Waals surface area contributed by atoms with Crippen molar-refractivity contribution in [3.05, 3.63) is 233 Å². The molecule has 1 aliphatic heterocycles. The molecule has 0 saturated heterocycles. The van der Waals surface area contributed by atoms with Crippen LogP contribution in [0.15, 0.2) is 194 Å². The topological polar surface area (TPSA) is 33.5 Å². The molecular formula is C64H64N4O. The average Bonchev–Trinajstić information content (AvgIpc) is 3.95. The van der Waals surface area contributed by atoms with Crippen LogP contribution in [0.5, 0.6) is 11.5 Å². The number of rotatable bonds is 10. The van der Waals surface area contributed by atoms with Crippen LogP contribution >= 0.6 is 0 Å². The molecule has 0 aliphatic carbocycles. The van der Waals surface area contributed by atoms with E-state index in [1.165, 1.54) is 49.8 Å². The maximum absolute atomic E-state index is 7.30. The van der Waals surface area contributed by atoms with Crippen molar-refractivity contribution in [2.24, 2.45) is 0 Å². The molecule has 2 aromatic heterocycles. The van der Waals surface area contributed by atoms with E-state index < -0.39 is 0 Å². The van der Waals surface area contributed by atoms with Crippen LogP contribution in [0, 0.1) is 0 Å². The van der Waals surface area contributed by atoms with Crippen molar-refractivity contribution in [3.8, 4) is 17.3 Å². The van der Waals surface area contributed by atoms with Crippen LogP contribution in [0.2, 0.25) is 0 Å².